The van der Waals surface area contributed by atoms with Crippen LogP contribution in [0.2, 0.25) is 0 Å². The largest absolute Gasteiger partial charge is 0.480 e. The van der Waals surface area contributed by atoms with Crippen LogP contribution in [0, 0.1) is 13.8 Å². The number of carbonyl (C=O) groups is 2. The van der Waals surface area contributed by atoms with Gasteiger partial charge in [-0.2, -0.15) is 0 Å². The summed E-state index contributed by atoms with van der Waals surface area (Å²) in [6, 6.07) is 1.90. The van der Waals surface area contributed by atoms with E-state index in [2.05, 4.69) is 15.6 Å². The molecule has 1 unspecified atom stereocenters. The van der Waals surface area contributed by atoms with Crippen molar-refractivity contribution in [2.24, 2.45) is 0 Å². The maximum absolute atomic E-state index is 12.1. The molecule has 0 aromatic carbocycles. The van der Waals surface area contributed by atoms with Gasteiger partial charge in [0.2, 0.25) is 0 Å². The van der Waals surface area contributed by atoms with Crippen LogP contribution in [-0.2, 0) is 11.3 Å². The van der Waals surface area contributed by atoms with Gasteiger partial charge in [-0.1, -0.05) is 5.21 Å². The maximum atomic E-state index is 12.1. The topological polar surface area (TPSA) is 97.1 Å². The van der Waals surface area contributed by atoms with E-state index in [1.807, 2.05) is 26.8 Å². The summed E-state index contributed by atoms with van der Waals surface area (Å²) in [6.45, 7) is 5.61. The van der Waals surface area contributed by atoms with Crippen LogP contribution in [-0.4, -0.2) is 32.0 Å². The van der Waals surface area contributed by atoms with Crippen molar-refractivity contribution in [2.45, 2.75) is 33.4 Å². The van der Waals surface area contributed by atoms with E-state index in [9.17, 15) is 9.59 Å². The lowest BCUT2D eigenvalue weighted by Gasteiger charge is -2.12. The highest BCUT2D eigenvalue weighted by atomic mass is 32.1. The molecule has 2 aromatic rings. The van der Waals surface area contributed by atoms with Gasteiger partial charge in [0.05, 0.1) is 12.2 Å². The molecule has 2 aromatic heterocycles. The Morgan fingerprint density at radius 3 is 2.76 bits per heavy atom. The Bertz CT molecular complexity index is 677. The fraction of sp³-hybridized carbons (Fsp3) is 0.385. The molecular weight excluding hydrogens is 292 g/mol. The molecule has 7 nitrogen and oxygen atoms in total. The fourth-order valence-electron chi connectivity index (χ4n) is 2.05. The molecule has 0 radical (unpaired) electrons. The quantitative estimate of drug-likeness (QED) is 0.873. The van der Waals surface area contributed by atoms with Gasteiger partial charge in [-0.05, 0) is 32.4 Å². The van der Waals surface area contributed by atoms with Gasteiger partial charge in [0.15, 0.2) is 5.69 Å². The van der Waals surface area contributed by atoms with E-state index in [0.29, 0.717) is 0 Å². The molecule has 8 heteroatoms. The first-order chi connectivity index (χ1) is 9.86. The highest BCUT2D eigenvalue weighted by molar-refractivity contribution is 7.12. The van der Waals surface area contributed by atoms with Crippen molar-refractivity contribution < 1.29 is 14.7 Å². The number of nitrogens with one attached hydrogen (secondary N) is 1. The number of hydrogen-bond acceptors (Lipinski definition) is 5. The summed E-state index contributed by atoms with van der Waals surface area (Å²) in [5, 5.41) is 18.8. The molecule has 0 saturated carbocycles. The Morgan fingerprint density at radius 1 is 1.48 bits per heavy atom. The zero-order valence-electron chi connectivity index (χ0n) is 12.0. The molecular formula is C13H16N4O3S. The van der Waals surface area contributed by atoms with Crippen molar-refractivity contribution >= 4 is 23.2 Å². The number of carbonyl (C=O) groups excluding carboxylic acids is 1. The lowest BCUT2D eigenvalue weighted by molar-refractivity contribution is -0.137. The Balaban J connectivity index is 2.05. The first-order valence-electron chi connectivity index (χ1n) is 6.36. The van der Waals surface area contributed by atoms with E-state index >= 15 is 0 Å². The average molecular weight is 308 g/mol. The van der Waals surface area contributed by atoms with Gasteiger partial charge in [0.1, 0.15) is 6.54 Å². The Hall–Kier alpha value is -2.22. The number of rotatable bonds is 5. The van der Waals surface area contributed by atoms with Gasteiger partial charge in [-0.3, -0.25) is 9.59 Å². The van der Waals surface area contributed by atoms with E-state index in [0.717, 1.165) is 15.1 Å². The average Bonchev–Trinajstić information content (AvgIpc) is 2.95. The van der Waals surface area contributed by atoms with Gasteiger partial charge >= 0.3 is 5.97 Å². The molecule has 1 amide bonds. The summed E-state index contributed by atoms with van der Waals surface area (Å²) in [7, 11) is 0. The van der Waals surface area contributed by atoms with Crippen molar-refractivity contribution in [1.29, 1.82) is 0 Å². The number of thiophene rings is 1. The van der Waals surface area contributed by atoms with Gasteiger partial charge in [0.25, 0.3) is 5.91 Å². The molecule has 1 atom stereocenters. The third kappa shape index (κ3) is 3.66. The van der Waals surface area contributed by atoms with Crippen LogP contribution in [0.3, 0.4) is 0 Å². The number of aryl methyl sites for hydroxylation is 2. The monoisotopic (exact) mass is 308 g/mol. The summed E-state index contributed by atoms with van der Waals surface area (Å²) >= 11 is 1.68. The molecule has 2 rings (SSSR count). The third-order valence-corrected chi connectivity index (χ3v) is 3.94. The normalized spacial score (nSPS) is 12.1. The standard InChI is InChI=1S/C13H16N4O3S/c1-7-4-10(9(3)21-7)8(2)14-13(20)11-5-17(16-15-11)6-12(18)19/h4-5,8H,6H2,1-3H3,(H,14,20)(H,18,19). The summed E-state index contributed by atoms with van der Waals surface area (Å²) in [6.07, 6.45) is 1.32. The molecule has 112 valence electrons. The van der Waals surface area contributed by atoms with Crippen LogP contribution < -0.4 is 5.32 Å². The van der Waals surface area contributed by atoms with Crippen molar-refractivity contribution in [3.05, 3.63) is 33.3 Å². The number of carboxylic acids is 1. The minimum atomic E-state index is -1.04. The molecule has 0 aliphatic heterocycles. The Labute approximate surface area is 125 Å². The minimum Gasteiger partial charge on any atom is -0.480 e. The van der Waals surface area contributed by atoms with Crippen LogP contribution in [0.4, 0.5) is 0 Å². The lowest BCUT2D eigenvalue weighted by Crippen LogP contribution is -2.27. The van der Waals surface area contributed by atoms with Crippen LogP contribution in [0.15, 0.2) is 12.3 Å². The number of aromatic nitrogens is 3. The molecule has 0 saturated heterocycles. The smallest absolute Gasteiger partial charge is 0.325 e. The second-order valence-electron chi connectivity index (χ2n) is 4.76. The zero-order chi connectivity index (χ0) is 15.6. The predicted octanol–water partition coefficient (Wildman–Crippen LogP) is 1.53. The molecule has 2 N–H and O–H groups in total. The SMILES string of the molecule is Cc1cc(C(C)NC(=O)c2cn(CC(=O)O)nn2)c(C)s1. The molecule has 0 fully saturated rings. The first-order valence-corrected chi connectivity index (χ1v) is 7.18. The highest BCUT2D eigenvalue weighted by Gasteiger charge is 2.17. The zero-order valence-corrected chi connectivity index (χ0v) is 12.8. The first kappa shape index (κ1) is 15.2. The van der Waals surface area contributed by atoms with Gasteiger partial charge in [-0.15, -0.1) is 16.4 Å². The molecule has 0 aliphatic rings. The van der Waals surface area contributed by atoms with Crippen LogP contribution >= 0.6 is 11.3 Å². The summed E-state index contributed by atoms with van der Waals surface area (Å²) in [4.78, 5) is 25.0. The predicted molar refractivity (Wildman–Crippen MR) is 77.3 cm³/mol. The number of hydrogen-bond donors (Lipinski definition) is 2. The van der Waals surface area contributed by atoms with Crippen LogP contribution in [0.1, 0.15) is 38.8 Å². The van der Waals surface area contributed by atoms with E-state index < -0.39 is 5.97 Å². The second-order valence-corrected chi connectivity index (χ2v) is 6.22. The Kier molecular flexibility index (Phi) is 4.37. The van der Waals surface area contributed by atoms with Gasteiger partial charge < -0.3 is 10.4 Å². The van der Waals surface area contributed by atoms with Crippen molar-refractivity contribution in [1.82, 2.24) is 20.3 Å². The molecule has 0 spiro atoms. The van der Waals surface area contributed by atoms with Crippen molar-refractivity contribution in [2.75, 3.05) is 0 Å². The van der Waals surface area contributed by atoms with E-state index in [4.69, 9.17) is 5.11 Å². The van der Waals surface area contributed by atoms with Crippen molar-refractivity contribution in [3.63, 3.8) is 0 Å². The maximum Gasteiger partial charge on any atom is 0.325 e. The third-order valence-electron chi connectivity index (χ3n) is 2.96. The van der Waals surface area contributed by atoms with Crippen LogP contribution in [0.5, 0.6) is 0 Å². The van der Waals surface area contributed by atoms with Gasteiger partial charge in [-0.25, -0.2) is 4.68 Å². The van der Waals surface area contributed by atoms with E-state index in [1.165, 1.54) is 11.1 Å². The van der Waals surface area contributed by atoms with Crippen molar-refractivity contribution in [3.8, 4) is 0 Å². The summed E-state index contributed by atoms with van der Waals surface area (Å²) in [5.74, 6) is -1.41. The molecule has 2 heterocycles. The minimum absolute atomic E-state index is 0.104. The fourth-order valence-corrected chi connectivity index (χ4v) is 3.07. The summed E-state index contributed by atoms with van der Waals surface area (Å²) < 4.78 is 1.11. The highest BCUT2D eigenvalue weighted by Crippen LogP contribution is 2.26. The molecule has 0 aliphatic carbocycles. The molecule has 0 bridgehead atoms. The number of amides is 1. The van der Waals surface area contributed by atoms with Gasteiger partial charge in [0, 0.05) is 9.75 Å². The summed E-state index contributed by atoms with van der Waals surface area (Å²) in [5.41, 5.74) is 1.18. The molecule has 21 heavy (non-hydrogen) atoms. The van der Waals surface area contributed by atoms with Crippen LogP contribution in [0.25, 0.3) is 0 Å². The second kappa shape index (κ2) is 6.04. The Morgan fingerprint density at radius 2 is 2.19 bits per heavy atom. The number of carboxylic acid groups (broad SMARTS) is 1. The number of aliphatic carboxylic acids is 1. The lowest BCUT2D eigenvalue weighted by atomic mass is 10.1. The van der Waals surface area contributed by atoms with E-state index in [-0.39, 0.29) is 24.2 Å². The van der Waals surface area contributed by atoms with E-state index in [1.54, 1.807) is 11.3 Å². The number of nitrogens with zero attached hydrogens (tertiary/aromatic N) is 3.